The molecule has 148 valence electrons. The maximum absolute atomic E-state index is 13.4. The molecular formula is C18H28BrFN2O4. The van der Waals surface area contributed by atoms with Crippen LogP contribution in [0.5, 0.6) is 0 Å². The van der Waals surface area contributed by atoms with Gasteiger partial charge in [-0.2, -0.15) is 5.10 Å². The van der Waals surface area contributed by atoms with Gasteiger partial charge in [0.15, 0.2) is 0 Å². The van der Waals surface area contributed by atoms with Crippen LogP contribution in [0.1, 0.15) is 47.0 Å². The average Bonchev–Trinajstić information content (AvgIpc) is 2.69. The highest BCUT2D eigenvalue weighted by Crippen LogP contribution is 2.25. The maximum atomic E-state index is 13.4. The van der Waals surface area contributed by atoms with Crippen molar-refractivity contribution in [3.8, 4) is 0 Å². The lowest BCUT2D eigenvalue weighted by Crippen LogP contribution is -2.18. The number of nitrogens with zero attached hydrogens (tertiary/aromatic N) is 1. The molecule has 0 aliphatic carbocycles. The smallest absolute Gasteiger partial charge is 0.354 e. The minimum absolute atomic E-state index is 0.0996. The molecule has 0 spiro atoms. The zero-order chi connectivity index (χ0) is 20.5. The number of nitrogens with one attached hydrogen (secondary N) is 1. The van der Waals surface area contributed by atoms with E-state index < -0.39 is 11.8 Å². The van der Waals surface area contributed by atoms with E-state index in [0.717, 1.165) is 0 Å². The highest BCUT2D eigenvalue weighted by atomic mass is 79.9. The van der Waals surface area contributed by atoms with Crippen molar-refractivity contribution < 1.29 is 23.5 Å². The van der Waals surface area contributed by atoms with Gasteiger partial charge in [-0.15, -0.1) is 0 Å². The molecule has 0 radical (unpaired) electrons. The largest absolute Gasteiger partial charge is 0.469 e. The molecule has 0 aliphatic rings. The molecule has 6 nitrogen and oxygen atoms in total. The third-order valence-corrected chi connectivity index (χ3v) is 3.51. The quantitative estimate of drug-likeness (QED) is 0.374. The van der Waals surface area contributed by atoms with Crippen LogP contribution in [0.15, 0.2) is 27.8 Å². The molecule has 8 heteroatoms. The minimum atomic E-state index is -0.620. The van der Waals surface area contributed by atoms with Gasteiger partial charge in [-0.05, 0) is 40.9 Å². The number of halogens is 2. The Balaban J connectivity index is 0. The van der Waals surface area contributed by atoms with Crippen molar-refractivity contribution in [2.45, 2.75) is 47.0 Å². The lowest BCUT2D eigenvalue weighted by molar-refractivity contribution is -0.140. The number of rotatable bonds is 7. The summed E-state index contributed by atoms with van der Waals surface area (Å²) in [4.78, 5) is 22.7. The van der Waals surface area contributed by atoms with Crippen LogP contribution in [0.4, 0.5) is 10.1 Å². The van der Waals surface area contributed by atoms with Crippen molar-refractivity contribution in [2.75, 3.05) is 19.6 Å². The Bertz CT molecular complexity index is 580. The monoisotopic (exact) mass is 434 g/mol. The highest BCUT2D eigenvalue weighted by molar-refractivity contribution is 9.10. The zero-order valence-corrected chi connectivity index (χ0v) is 17.8. The molecule has 0 aliphatic heterocycles. The summed E-state index contributed by atoms with van der Waals surface area (Å²) in [6, 6.07) is 4.39. The van der Waals surface area contributed by atoms with Crippen molar-refractivity contribution in [1.29, 1.82) is 0 Å². The Morgan fingerprint density at radius 3 is 2.27 bits per heavy atom. The van der Waals surface area contributed by atoms with Crippen molar-refractivity contribution in [2.24, 2.45) is 5.10 Å². The third kappa shape index (κ3) is 10.1. The van der Waals surface area contributed by atoms with Crippen molar-refractivity contribution >= 4 is 39.3 Å². The Hall–Kier alpha value is -1.96. The summed E-state index contributed by atoms with van der Waals surface area (Å²) in [5.74, 6) is -1.44. The number of esters is 2. The SMILES string of the molecule is CC.CC.COC(=O)CCC/C(=N\Nc1cccc(F)c1Br)C(=O)OC. The lowest BCUT2D eigenvalue weighted by atomic mass is 10.1. The van der Waals surface area contributed by atoms with E-state index in [9.17, 15) is 14.0 Å². The van der Waals surface area contributed by atoms with E-state index in [4.69, 9.17) is 0 Å². The molecule has 0 unspecified atom stereocenters. The van der Waals surface area contributed by atoms with E-state index >= 15 is 0 Å². The van der Waals surface area contributed by atoms with Crippen LogP contribution in [0, 0.1) is 5.82 Å². The summed E-state index contributed by atoms with van der Waals surface area (Å²) in [5, 5.41) is 3.93. The Morgan fingerprint density at radius 1 is 1.12 bits per heavy atom. The fraction of sp³-hybridized carbons (Fsp3) is 0.500. The molecule has 1 N–H and O–H groups in total. The molecule has 0 saturated carbocycles. The number of hydrogen-bond acceptors (Lipinski definition) is 6. The van der Waals surface area contributed by atoms with E-state index in [1.807, 2.05) is 27.7 Å². The van der Waals surface area contributed by atoms with E-state index in [0.29, 0.717) is 12.1 Å². The van der Waals surface area contributed by atoms with Gasteiger partial charge in [0.1, 0.15) is 11.5 Å². The molecule has 1 rings (SSSR count). The van der Waals surface area contributed by atoms with Crippen LogP contribution in [0.3, 0.4) is 0 Å². The second-order valence-corrected chi connectivity index (χ2v) is 4.99. The number of hydrogen-bond donors (Lipinski definition) is 1. The summed E-state index contributed by atoms with van der Waals surface area (Å²) in [6.07, 6.45) is 0.768. The topological polar surface area (TPSA) is 77.0 Å². The van der Waals surface area contributed by atoms with Gasteiger partial charge in [0, 0.05) is 6.42 Å². The normalized spacial score (nSPS) is 9.77. The second-order valence-electron chi connectivity index (χ2n) is 4.19. The predicted octanol–water partition coefficient (Wildman–Crippen LogP) is 4.92. The van der Waals surface area contributed by atoms with Gasteiger partial charge < -0.3 is 9.47 Å². The zero-order valence-electron chi connectivity index (χ0n) is 16.2. The van der Waals surface area contributed by atoms with Gasteiger partial charge in [0.25, 0.3) is 0 Å². The molecule has 0 fully saturated rings. The molecular weight excluding hydrogens is 407 g/mol. The number of anilines is 1. The van der Waals surface area contributed by atoms with Gasteiger partial charge in [0.2, 0.25) is 0 Å². The number of hydrazone groups is 1. The summed E-state index contributed by atoms with van der Waals surface area (Å²) in [7, 11) is 2.52. The molecule has 0 heterocycles. The number of benzene rings is 1. The van der Waals surface area contributed by atoms with Crippen LogP contribution in [-0.2, 0) is 19.1 Å². The molecule has 0 amide bonds. The van der Waals surface area contributed by atoms with Gasteiger partial charge in [-0.25, -0.2) is 9.18 Å². The molecule has 26 heavy (non-hydrogen) atoms. The highest BCUT2D eigenvalue weighted by Gasteiger charge is 2.13. The number of ether oxygens (including phenoxy) is 2. The Labute approximate surface area is 163 Å². The van der Waals surface area contributed by atoms with Crippen molar-refractivity contribution in [3.05, 3.63) is 28.5 Å². The van der Waals surface area contributed by atoms with Gasteiger partial charge in [0.05, 0.1) is 24.4 Å². The Kier molecular flexibility index (Phi) is 16.7. The number of carbonyl (C=O) groups is 2. The first-order valence-corrected chi connectivity index (χ1v) is 9.20. The lowest BCUT2D eigenvalue weighted by Gasteiger charge is -2.07. The second kappa shape index (κ2) is 16.5. The Morgan fingerprint density at radius 2 is 1.73 bits per heavy atom. The molecule has 0 atom stereocenters. The van der Waals surface area contributed by atoms with Crippen LogP contribution < -0.4 is 5.43 Å². The van der Waals surface area contributed by atoms with Crippen molar-refractivity contribution in [3.63, 3.8) is 0 Å². The molecule has 1 aromatic carbocycles. The van der Waals surface area contributed by atoms with E-state index in [2.05, 4.69) is 35.9 Å². The first kappa shape index (κ1) is 26.3. The van der Waals surface area contributed by atoms with Crippen LogP contribution in [-0.4, -0.2) is 31.9 Å². The summed E-state index contributed by atoms with van der Waals surface area (Å²) >= 11 is 3.08. The average molecular weight is 435 g/mol. The van der Waals surface area contributed by atoms with Gasteiger partial charge in [-0.3, -0.25) is 10.2 Å². The number of carbonyl (C=O) groups excluding carboxylic acids is 2. The first-order chi connectivity index (χ1) is 12.5. The van der Waals surface area contributed by atoms with Crippen LogP contribution in [0.2, 0.25) is 0 Å². The maximum Gasteiger partial charge on any atom is 0.354 e. The molecule has 0 saturated heterocycles. The van der Waals surface area contributed by atoms with Gasteiger partial charge in [-0.1, -0.05) is 33.8 Å². The first-order valence-electron chi connectivity index (χ1n) is 8.41. The molecule has 1 aromatic rings. The van der Waals surface area contributed by atoms with Gasteiger partial charge >= 0.3 is 11.9 Å². The summed E-state index contributed by atoms with van der Waals surface area (Å²) < 4.78 is 22.7. The van der Waals surface area contributed by atoms with Crippen LogP contribution in [0.25, 0.3) is 0 Å². The standard InChI is InChI=1S/C14H16BrFN2O4.2C2H6/c1-21-12(19)8-4-7-11(14(20)22-2)18-17-10-6-3-5-9(16)13(10)15;2*1-2/h3,5-6,17H,4,7-8H2,1-2H3;2*1-2H3/b18-11+;;. The summed E-state index contributed by atoms with van der Waals surface area (Å²) in [6.45, 7) is 8.00. The summed E-state index contributed by atoms with van der Waals surface area (Å²) in [5.41, 5.74) is 3.07. The van der Waals surface area contributed by atoms with E-state index in [1.165, 1.54) is 26.4 Å². The molecule has 0 aromatic heterocycles. The minimum Gasteiger partial charge on any atom is -0.469 e. The van der Waals surface area contributed by atoms with Crippen LogP contribution >= 0.6 is 15.9 Å². The third-order valence-electron chi connectivity index (χ3n) is 2.71. The fourth-order valence-corrected chi connectivity index (χ4v) is 1.89. The van der Waals surface area contributed by atoms with E-state index in [1.54, 1.807) is 6.07 Å². The van der Waals surface area contributed by atoms with Crippen molar-refractivity contribution in [1.82, 2.24) is 0 Å². The predicted molar refractivity (Wildman–Crippen MR) is 106 cm³/mol. The fourth-order valence-electron chi connectivity index (χ4n) is 1.54. The number of methoxy groups -OCH3 is 2. The van der Waals surface area contributed by atoms with E-state index in [-0.39, 0.29) is 29.0 Å². The molecule has 0 bridgehead atoms.